The van der Waals surface area contributed by atoms with Crippen LogP contribution in [0.3, 0.4) is 0 Å². The molecule has 1 aromatic carbocycles. The average Bonchev–Trinajstić information content (AvgIpc) is 2.15. The summed E-state index contributed by atoms with van der Waals surface area (Å²) in [7, 11) is 0.0734. The molecule has 0 aromatic heterocycles. The highest BCUT2D eigenvalue weighted by Crippen LogP contribution is 2.39. The van der Waals surface area contributed by atoms with Crippen LogP contribution >= 0.6 is 7.92 Å². The molecule has 0 aliphatic heterocycles. The molecule has 0 N–H and O–H groups in total. The lowest BCUT2D eigenvalue weighted by Crippen LogP contribution is -1.78. The normalized spacial score (nSPS) is 12.2. The Kier molecular flexibility index (Phi) is 4.18. The van der Waals surface area contributed by atoms with Gasteiger partial charge in [-0.2, -0.15) is 0 Å². The molecule has 70 valence electrons. The fraction of sp³-hybridized carbons (Fsp3) is 0.333. The fourth-order valence-electron chi connectivity index (χ4n) is 1.29. The largest absolute Gasteiger partial charge is 0.0861 e. The summed E-state index contributed by atoms with van der Waals surface area (Å²) in [5, 5.41) is 1.58. The van der Waals surface area contributed by atoms with Gasteiger partial charge in [0.1, 0.15) is 0 Å². The van der Waals surface area contributed by atoms with Gasteiger partial charge in [-0.05, 0) is 30.6 Å². The van der Waals surface area contributed by atoms with Crippen LogP contribution in [0.5, 0.6) is 0 Å². The lowest BCUT2D eigenvalue weighted by molar-refractivity contribution is 1.20. The second kappa shape index (κ2) is 5.19. The van der Waals surface area contributed by atoms with E-state index in [4.69, 9.17) is 0 Å². The van der Waals surface area contributed by atoms with Gasteiger partial charge in [-0.3, -0.25) is 0 Å². The summed E-state index contributed by atoms with van der Waals surface area (Å²) < 4.78 is 0. The van der Waals surface area contributed by atoms with E-state index in [1.165, 1.54) is 12.0 Å². The highest BCUT2D eigenvalue weighted by Gasteiger charge is 1.98. The molecule has 0 fully saturated rings. The SMILES string of the molecule is CCC(=Cc1ccccc1)P(C)C. The van der Waals surface area contributed by atoms with E-state index >= 15 is 0 Å². The van der Waals surface area contributed by atoms with Gasteiger partial charge in [0.25, 0.3) is 0 Å². The van der Waals surface area contributed by atoms with Crippen LogP contribution in [0.4, 0.5) is 0 Å². The summed E-state index contributed by atoms with van der Waals surface area (Å²) in [4.78, 5) is 0. The van der Waals surface area contributed by atoms with Crippen LogP contribution in [-0.4, -0.2) is 13.3 Å². The molecule has 0 saturated carbocycles. The Balaban J connectivity index is 2.85. The molecule has 0 saturated heterocycles. The molecule has 1 heteroatoms. The van der Waals surface area contributed by atoms with Crippen LogP contribution in [0.1, 0.15) is 18.9 Å². The molecule has 1 aromatic rings. The smallest absolute Gasteiger partial charge is 0.0254 e. The maximum atomic E-state index is 2.33. The number of hydrogen-bond acceptors (Lipinski definition) is 0. The van der Waals surface area contributed by atoms with Crippen LogP contribution in [0.2, 0.25) is 0 Å². The van der Waals surface area contributed by atoms with Crippen LogP contribution in [0, 0.1) is 0 Å². The Bertz CT molecular complexity index is 272. The molecule has 0 nitrogen and oxygen atoms in total. The molecular formula is C12H17P. The predicted octanol–water partition coefficient (Wildman–Crippen LogP) is 4.18. The van der Waals surface area contributed by atoms with E-state index in [1.54, 1.807) is 5.31 Å². The third kappa shape index (κ3) is 3.32. The number of hydrogen-bond donors (Lipinski definition) is 0. The maximum Gasteiger partial charge on any atom is -0.0254 e. The summed E-state index contributed by atoms with van der Waals surface area (Å²) in [6.07, 6.45) is 3.50. The first-order valence-electron chi connectivity index (χ1n) is 4.67. The summed E-state index contributed by atoms with van der Waals surface area (Å²) in [6, 6.07) is 10.6. The van der Waals surface area contributed by atoms with Gasteiger partial charge in [-0.25, -0.2) is 0 Å². The zero-order valence-corrected chi connectivity index (χ0v) is 9.51. The molecule has 0 aliphatic rings. The molecular weight excluding hydrogens is 175 g/mol. The number of benzene rings is 1. The lowest BCUT2D eigenvalue weighted by Gasteiger charge is -2.08. The maximum absolute atomic E-state index is 2.33. The third-order valence-corrected chi connectivity index (χ3v) is 3.66. The zero-order chi connectivity index (χ0) is 9.68. The van der Waals surface area contributed by atoms with Gasteiger partial charge >= 0.3 is 0 Å². The Morgan fingerprint density at radius 3 is 2.31 bits per heavy atom. The topological polar surface area (TPSA) is 0 Å². The highest BCUT2D eigenvalue weighted by atomic mass is 31.1. The first-order valence-corrected chi connectivity index (χ1v) is 6.90. The molecule has 0 radical (unpaired) electrons. The number of rotatable bonds is 3. The van der Waals surface area contributed by atoms with Gasteiger partial charge in [0, 0.05) is 0 Å². The Morgan fingerprint density at radius 1 is 1.23 bits per heavy atom. The van der Waals surface area contributed by atoms with Gasteiger partial charge in [0.05, 0.1) is 0 Å². The zero-order valence-electron chi connectivity index (χ0n) is 8.62. The van der Waals surface area contributed by atoms with Crippen molar-refractivity contribution in [1.29, 1.82) is 0 Å². The van der Waals surface area contributed by atoms with E-state index in [0.29, 0.717) is 0 Å². The number of allylic oxidation sites excluding steroid dienone is 1. The summed E-state index contributed by atoms with van der Waals surface area (Å²) in [5.41, 5.74) is 1.33. The Hall–Kier alpha value is -0.610. The van der Waals surface area contributed by atoms with Crippen molar-refractivity contribution in [2.24, 2.45) is 0 Å². The van der Waals surface area contributed by atoms with Crippen molar-refractivity contribution < 1.29 is 0 Å². The summed E-state index contributed by atoms with van der Waals surface area (Å²) in [6.45, 7) is 6.86. The molecule has 0 aliphatic carbocycles. The Labute approximate surface area is 82.4 Å². The summed E-state index contributed by atoms with van der Waals surface area (Å²) >= 11 is 0. The molecule has 13 heavy (non-hydrogen) atoms. The monoisotopic (exact) mass is 192 g/mol. The minimum absolute atomic E-state index is 0.0734. The molecule has 1 rings (SSSR count). The van der Waals surface area contributed by atoms with E-state index in [9.17, 15) is 0 Å². The second-order valence-electron chi connectivity index (χ2n) is 3.29. The van der Waals surface area contributed by atoms with Gasteiger partial charge < -0.3 is 0 Å². The van der Waals surface area contributed by atoms with E-state index in [0.717, 1.165) is 0 Å². The van der Waals surface area contributed by atoms with Crippen LogP contribution in [0.25, 0.3) is 6.08 Å². The molecule has 0 heterocycles. The molecule has 0 spiro atoms. The van der Waals surface area contributed by atoms with Gasteiger partial charge in [-0.1, -0.05) is 51.3 Å². The van der Waals surface area contributed by atoms with E-state index in [1.807, 2.05) is 0 Å². The van der Waals surface area contributed by atoms with Crippen molar-refractivity contribution in [2.45, 2.75) is 13.3 Å². The first-order chi connectivity index (χ1) is 6.24. The van der Waals surface area contributed by atoms with E-state index in [2.05, 4.69) is 56.7 Å². The molecule has 0 unspecified atom stereocenters. The van der Waals surface area contributed by atoms with Crippen molar-refractivity contribution in [1.82, 2.24) is 0 Å². The molecule has 0 bridgehead atoms. The molecule has 0 amide bonds. The minimum Gasteiger partial charge on any atom is -0.0861 e. The standard InChI is InChI=1S/C12H17P/c1-4-12(13(2)3)10-11-8-6-5-7-9-11/h5-10H,4H2,1-3H3. The average molecular weight is 192 g/mol. The third-order valence-electron chi connectivity index (χ3n) is 2.07. The minimum atomic E-state index is 0.0734. The van der Waals surface area contributed by atoms with Crippen molar-refractivity contribution in [3.63, 3.8) is 0 Å². The van der Waals surface area contributed by atoms with Crippen molar-refractivity contribution in [3.8, 4) is 0 Å². The molecule has 0 atom stereocenters. The van der Waals surface area contributed by atoms with Crippen molar-refractivity contribution in [2.75, 3.05) is 13.3 Å². The predicted molar refractivity (Wildman–Crippen MR) is 63.5 cm³/mol. The van der Waals surface area contributed by atoms with Crippen molar-refractivity contribution in [3.05, 3.63) is 41.2 Å². The van der Waals surface area contributed by atoms with Crippen molar-refractivity contribution >= 4 is 14.0 Å². The van der Waals surface area contributed by atoms with E-state index < -0.39 is 0 Å². The van der Waals surface area contributed by atoms with Crippen LogP contribution in [-0.2, 0) is 0 Å². The van der Waals surface area contributed by atoms with Gasteiger partial charge in [0.2, 0.25) is 0 Å². The summed E-state index contributed by atoms with van der Waals surface area (Å²) in [5.74, 6) is 0. The van der Waals surface area contributed by atoms with E-state index in [-0.39, 0.29) is 7.92 Å². The quantitative estimate of drug-likeness (QED) is 0.630. The van der Waals surface area contributed by atoms with Gasteiger partial charge in [0.15, 0.2) is 0 Å². The fourth-order valence-corrected chi connectivity index (χ4v) is 2.33. The second-order valence-corrected chi connectivity index (χ2v) is 5.66. The first kappa shape index (κ1) is 10.5. The highest BCUT2D eigenvalue weighted by molar-refractivity contribution is 7.60. The van der Waals surface area contributed by atoms with Gasteiger partial charge in [-0.15, -0.1) is 0 Å². The lowest BCUT2D eigenvalue weighted by atomic mass is 10.2. The van der Waals surface area contributed by atoms with Crippen LogP contribution in [0.15, 0.2) is 35.6 Å². The Morgan fingerprint density at radius 2 is 1.85 bits per heavy atom. The van der Waals surface area contributed by atoms with Crippen LogP contribution < -0.4 is 0 Å².